The number of hydrogen-bond acceptors (Lipinski definition) is 6. The molecule has 0 aromatic carbocycles. The lowest BCUT2D eigenvalue weighted by molar-refractivity contribution is 0.0514. The highest BCUT2D eigenvalue weighted by Gasteiger charge is 2.33. The molecule has 0 aliphatic carbocycles. The summed E-state index contributed by atoms with van der Waals surface area (Å²) in [6.07, 6.45) is -0.0117. The number of ether oxygens (including phenoxy) is 1. The molecule has 0 bridgehead atoms. The molecule has 24 heavy (non-hydrogen) atoms. The summed E-state index contributed by atoms with van der Waals surface area (Å²) >= 11 is 1.26. The third kappa shape index (κ3) is 3.09. The first kappa shape index (κ1) is 17.1. The van der Waals surface area contributed by atoms with Crippen LogP contribution in [0.15, 0.2) is 4.79 Å². The van der Waals surface area contributed by atoms with E-state index in [4.69, 9.17) is 4.74 Å². The molecule has 1 saturated heterocycles. The Bertz CT molecular complexity index is 829. The second-order valence-electron chi connectivity index (χ2n) is 6.18. The second kappa shape index (κ2) is 6.62. The highest BCUT2D eigenvalue weighted by molar-refractivity contribution is 7.20. The molecule has 0 radical (unpaired) electrons. The van der Waals surface area contributed by atoms with Crippen LogP contribution in [0.4, 0.5) is 0 Å². The fraction of sp³-hybridized carbons (Fsp3) is 0.562. The van der Waals surface area contributed by atoms with Gasteiger partial charge in [0.1, 0.15) is 10.7 Å². The Hall–Kier alpha value is -1.77. The van der Waals surface area contributed by atoms with Gasteiger partial charge in [0, 0.05) is 19.7 Å². The molecule has 130 valence electrons. The molecular weight excluding hydrogens is 328 g/mol. The standard InChI is InChI=1S/C16H22N4O3S/c1-5-23-11-7-20(4)6-10(11)19-15(22)13-8(2)12-14(21)17-9(3)18-16(12)24-13/h10-11H,5-7H2,1-4H3,(H,19,22)(H,17,18,21)/t10-,11-/m1/s1. The number of aromatic amines is 1. The number of hydrogen-bond donors (Lipinski definition) is 2. The SMILES string of the molecule is CCO[C@@H]1CN(C)C[C@H]1NC(=O)c1sc2nc(C)[nH]c(=O)c2c1C. The molecule has 1 amide bonds. The average Bonchev–Trinajstić information content (AvgIpc) is 3.00. The topological polar surface area (TPSA) is 87.3 Å². The van der Waals surface area contributed by atoms with Gasteiger partial charge in [-0.2, -0.15) is 0 Å². The maximum absolute atomic E-state index is 12.7. The summed E-state index contributed by atoms with van der Waals surface area (Å²) in [5.41, 5.74) is 0.485. The summed E-state index contributed by atoms with van der Waals surface area (Å²) in [6, 6.07) is -0.0555. The zero-order valence-corrected chi connectivity index (χ0v) is 15.1. The van der Waals surface area contributed by atoms with Gasteiger partial charge in [0.2, 0.25) is 0 Å². The minimum absolute atomic E-state index is 0.0117. The smallest absolute Gasteiger partial charge is 0.262 e. The Balaban J connectivity index is 1.88. The highest BCUT2D eigenvalue weighted by Crippen LogP contribution is 2.27. The van der Waals surface area contributed by atoms with Crippen LogP contribution < -0.4 is 10.9 Å². The highest BCUT2D eigenvalue weighted by atomic mass is 32.1. The van der Waals surface area contributed by atoms with Gasteiger partial charge in [-0.1, -0.05) is 0 Å². The maximum atomic E-state index is 12.7. The van der Waals surface area contributed by atoms with Crippen LogP contribution >= 0.6 is 11.3 Å². The zero-order chi connectivity index (χ0) is 17.4. The molecule has 1 aliphatic rings. The number of fused-ring (bicyclic) bond motifs is 1. The molecule has 3 rings (SSSR count). The molecule has 2 N–H and O–H groups in total. The van der Waals surface area contributed by atoms with Gasteiger partial charge >= 0.3 is 0 Å². The molecule has 0 unspecified atom stereocenters. The lowest BCUT2D eigenvalue weighted by Crippen LogP contribution is -2.43. The number of amides is 1. The summed E-state index contributed by atoms with van der Waals surface area (Å²) in [5.74, 6) is 0.382. The van der Waals surface area contributed by atoms with E-state index in [0.717, 1.165) is 13.1 Å². The van der Waals surface area contributed by atoms with Crippen LogP contribution in [-0.2, 0) is 4.74 Å². The number of rotatable bonds is 4. The van der Waals surface area contributed by atoms with Gasteiger partial charge in [-0.25, -0.2) is 4.98 Å². The molecule has 3 heterocycles. The molecule has 0 spiro atoms. The van der Waals surface area contributed by atoms with Crippen LogP contribution in [0.2, 0.25) is 0 Å². The van der Waals surface area contributed by atoms with Crippen molar-refractivity contribution in [2.24, 2.45) is 0 Å². The number of likely N-dealkylation sites (N-methyl/N-ethyl adjacent to an activating group) is 1. The first-order chi connectivity index (χ1) is 11.4. The first-order valence-corrected chi connectivity index (χ1v) is 8.83. The van der Waals surface area contributed by atoms with Gasteiger partial charge in [0.05, 0.1) is 22.4 Å². The Kier molecular flexibility index (Phi) is 4.71. The third-order valence-corrected chi connectivity index (χ3v) is 5.46. The third-order valence-electron chi connectivity index (χ3n) is 4.27. The van der Waals surface area contributed by atoms with E-state index in [2.05, 4.69) is 20.2 Å². The number of thiophene rings is 1. The van der Waals surface area contributed by atoms with E-state index in [1.165, 1.54) is 11.3 Å². The van der Waals surface area contributed by atoms with E-state index >= 15 is 0 Å². The van der Waals surface area contributed by atoms with E-state index in [0.29, 0.717) is 33.1 Å². The fourth-order valence-electron chi connectivity index (χ4n) is 3.19. The Morgan fingerprint density at radius 2 is 2.21 bits per heavy atom. The zero-order valence-electron chi connectivity index (χ0n) is 14.3. The molecule has 2 aromatic rings. The lowest BCUT2D eigenvalue weighted by atomic mass is 10.1. The van der Waals surface area contributed by atoms with Crippen LogP contribution in [-0.4, -0.2) is 59.7 Å². The summed E-state index contributed by atoms with van der Waals surface area (Å²) in [5, 5.41) is 3.56. The number of nitrogens with zero attached hydrogens (tertiary/aromatic N) is 2. The number of H-pyrrole nitrogens is 1. The molecule has 2 aromatic heterocycles. The van der Waals surface area contributed by atoms with Gasteiger partial charge in [-0.15, -0.1) is 11.3 Å². The van der Waals surface area contributed by atoms with E-state index in [-0.39, 0.29) is 23.6 Å². The number of nitrogens with one attached hydrogen (secondary N) is 2. The van der Waals surface area contributed by atoms with Crippen LogP contribution in [0.25, 0.3) is 10.2 Å². The van der Waals surface area contributed by atoms with E-state index in [1.807, 2.05) is 14.0 Å². The van der Waals surface area contributed by atoms with Crippen molar-refractivity contribution in [1.29, 1.82) is 0 Å². The number of carbonyl (C=O) groups excluding carboxylic acids is 1. The summed E-state index contributed by atoms with van der Waals surface area (Å²) in [7, 11) is 2.01. The summed E-state index contributed by atoms with van der Waals surface area (Å²) < 4.78 is 5.73. The van der Waals surface area contributed by atoms with E-state index < -0.39 is 0 Å². The number of aromatic nitrogens is 2. The van der Waals surface area contributed by atoms with Crippen molar-refractivity contribution in [2.45, 2.75) is 32.9 Å². The van der Waals surface area contributed by atoms with Crippen molar-refractivity contribution in [1.82, 2.24) is 20.2 Å². The van der Waals surface area contributed by atoms with Crippen molar-refractivity contribution in [3.63, 3.8) is 0 Å². The molecular formula is C16H22N4O3S. The number of aryl methyl sites for hydroxylation is 2. The molecule has 1 aliphatic heterocycles. The van der Waals surface area contributed by atoms with Gasteiger partial charge < -0.3 is 19.9 Å². The van der Waals surface area contributed by atoms with Crippen molar-refractivity contribution in [2.75, 3.05) is 26.7 Å². The van der Waals surface area contributed by atoms with Crippen molar-refractivity contribution >= 4 is 27.5 Å². The fourth-order valence-corrected chi connectivity index (χ4v) is 4.32. The van der Waals surface area contributed by atoms with Crippen molar-refractivity contribution in [3.05, 3.63) is 26.6 Å². The monoisotopic (exact) mass is 350 g/mol. The van der Waals surface area contributed by atoms with Crippen LogP contribution in [0.5, 0.6) is 0 Å². The summed E-state index contributed by atoms with van der Waals surface area (Å²) in [6.45, 7) is 7.64. The summed E-state index contributed by atoms with van der Waals surface area (Å²) in [4.78, 5) is 35.2. The Morgan fingerprint density at radius 3 is 2.92 bits per heavy atom. The predicted molar refractivity (Wildman–Crippen MR) is 93.9 cm³/mol. The predicted octanol–water partition coefficient (Wildman–Crippen LogP) is 1.05. The van der Waals surface area contributed by atoms with Crippen LogP contribution in [0, 0.1) is 13.8 Å². The largest absolute Gasteiger partial charge is 0.375 e. The minimum Gasteiger partial charge on any atom is -0.375 e. The quantitative estimate of drug-likeness (QED) is 0.861. The van der Waals surface area contributed by atoms with E-state index in [9.17, 15) is 9.59 Å². The van der Waals surface area contributed by atoms with Crippen molar-refractivity contribution in [3.8, 4) is 0 Å². The van der Waals surface area contributed by atoms with E-state index in [1.54, 1.807) is 13.8 Å². The molecule has 2 atom stereocenters. The first-order valence-electron chi connectivity index (χ1n) is 8.01. The van der Waals surface area contributed by atoms with Gasteiger partial charge in [-0.05, 0) is 33.4 Å². The molecule has 1 fully saturated rings. The van der Waals surface area contributed by atoms with Crippen molar-refractivity contribution < 1.29 is 9.53 Å². The van der Waals surface area contributed by atoms with Crippen LogP contribution in [0.3, 0.4) is 0 Å². The van der Waals surface area contributed by atoms with Crippen LogP contribution in [0.1, 0.15) is 28.0 Å². The minimum atomic E-state index is -0.196. The van der Waals surface area contributed by atoms with Gasteiger partial charge in [0.25, 0.3) is 11.5 Å². The maximum Gasteiger partial charge on any atom is 0.262 e. The number of likely N-dealkylation sites (tertiary alicyclic amines) is 1. The Morgan fingerprint density at radius 1 is 1.46 bits per heavy atom. The van der Waals surface area contributed by atoms with Gasteiger partial charge in [-0.3, -0.25) is 9.59 Å². The molecule has 8 heteroatoms. The second-order valence-corrected chi connectivity index (χ2v) is 7.18. The lowest BCUT2D eigenvalue weighted by Gasteiger charge is -2.19. The molecule has 7 nitrogen and oxygen atoms in total. The average molecular weight is 350 g/mol. The molecule has 0 saturated carbocycles. The number of carbonyl (C=O) groups is 1. The van der Waals surface area contributed by atoms with Gasteiger partial charge in [0.15, 0.2) is 0 Å². The normalized spacial score (nSPS) is 21.5. The Labute approximate surface area is 144 Å².